The van der Waals surface area contributed by atoms with Gasteiger partial charge in [-0.05, 0) is 5.92 Å². The van der Waals surface area contributed by atoms with Crippen LogP contribution in [-0.2, 0) is 26.2 Å². The van der Waals surface area contributed by atoms with Gasteiger partial charge in [-0.3, -0.25) is 0 Å². The van der Waals surface area contributed by atoms with Crippen molar-refractivity contribution in [3.63, 3.8) is 0 Å². The molecule has 0 spiro atoms. The van der Waals surface area contributed by atoms with E-state index in [4.69, 9.17) is 0 Å². The monoisotopic (exact) mass is 247 g/mol. The topological polar surface area (TPSA) is 0 Å². The molecule has 1 radical (unpaired) electrons. The number of halogens is 2. The van der Waals surface area contributed by atoms with Crippen molar-refractivity contribution in [3.8, 4) is 0 Å². The van der Waals surface area contributed by atoms with Crippen molar-refractivity contribution in [3.05, 3.63) is 30.7 Å². The van der Waals surface area contributed by atoms with Gasteiger partial charge in [-0.1, -0.05) is 24.6 Å². The first-order chi connectivity index (χ1) is 4.47. The first kappa shape index (κ1) is 14.7. The van der Waals surface area contributed by atoms with Gasteiger partial charge in [-0.15, -0.1) is 12.0 Å². The molecule has 0 aromatic rings. The molecule has 2 unspecified atom stereocenters. The van der Waals surface area contributed by atoms with Gasteiger partial charge < -0.3 is 15.8 Å². The van der Waals surface area contributed by atoms with Crippen LogP contribution in [0.25, 0.3) is 0 Å². The molecule has 0 aromatic carbocycles. The summed E-state index contributed by atoms with van der Waals surface area (Å²) in [6.45, 7) is 0. The number of allylic oxidation sites excluding steroid dienone is 4. The van der Waals surface area contributed by atoms with Crippen LogP contribution < -0.4 is 9.41 Å². The summed E-state index contributed by atoms with van der Waals surface area (Å²) in [6.07, 6.45) is 14.1. The van der Waals surface area contributed by atoms with Crippen molar-refractivity contribution in [2.24, 2.45) is 11.8 Å². The van der Waals surface area contributed by atoms with Crippen LogP contribution in [0.1, 0.15) is 12.8 Å². The van der Waals surface area contributed by atoms with Crippen LogP contribution >= 0.6 is 0 Å². The molecule has 0 bridgehead atoms. The van der Waals surface area contributed by atoms with Gasteiger partial charge in [0.15, 0.2) is 0 Å². The number of hydrogen-bond acceptors (Lipinski definition) is 0. The minimum Gasteiger partial charge on any atom is -1.00 e. The molecule has 2 aliphatic rings. The Morgan fingerprint density at radius 1 is 1.08 bits per heavy atom. The molecule has 65 valence electrons. The van der Waals surface area contributed by atoms with E-state index in [1.54, 1.807) is 0 Å². The third kappa shape index (κ3) is 2.93. The molecule has 0 aliphatic heterocycles. The molecule has 0 heterocycles. The molecular formula is C9H11F2Zr. The van der Waals surface area contributed by atoms with Crippen LogP contribution in [0.15, 0.2) is 24.3 Å². The fourth-order valence-electron chi connectivity index (χ4n) is 1.69. The van der Waals surface area contributed by atoms with Crippen LogP contribution in [0.3, 0.4) is 0 Å². The fraction of sp³-hybridized carbons (Fsp3) is 0.444. The van der Waals surface area contributed by atoms with Gasteiger partial charge in [0.2, 0.25) is 0 Å². The van der Waals surface area contributed by atoms with Crippen molar-refractivity contribution in [1.29, 1.82) is 0 Å². The maximum absolute atomic E-state index is 2.42. The van der Waals surface area contributed by atoms with E-state index >= 15 is 0 Å². The molecule has 0 nitrogen and oxygen atoms in total. The van der Waals surface area contributed by atoms with Crippen LogP contribution in [0.5, 0.6) is 0 Å². The molecular weight excluding hydrogens is 237 g/mol. The molecule has 12 heavy (non-hydrogen) atoms. The molecule has 0 aromatic heterocycles. The molecule has 2 aliphatic carbocycles. The molecule has 2 rings (SSSR count). The Morgan fingerprint density at radius 3 is 2.42 bits per heavy atom. The molecule has 0 saturated heterocycles. The van der Waals surface area contributed by atoms with Gasteiger partial charge >= 0.3 is 26.2 Å². The first-order valence-electron chi connectivity index (χ1n) is 3.65. The predicted molar refractivity (Wildman–Crippen MR) is 38.8 cm³/mol. The van der Waals surface area contributed by atoms with Crippen LogP contribution in [-0.4, -0.2) is 0 Å². The average molecular weight is 248 g/mol. The van der Waals surface area contributed by atoms with E-state index in [0.29, 0.717) is 0 Å². The summed E-state index contributed by atoms with van der Waals surface area (Å²) in [5.41, 5.74) is 0. The Bertz CT molecular complexity index is 148. The van der Waals surface area contributed by atoms with Crippen LogP contribution in [0.2, 0.25) is 0 Å². The van der Waals surface area contributed by atoms with Crippen LogP contribution in [0, 0.1) is 18.3 Å². The summed E-state index contributed by atoms with van der Waals surface area (Å²) >= 11 is 0. The summed E-state index contributed by atoms with van der Waals surface area (Å²) < 4.78 is 0. The Morgan fingerprint density at radius 2 is 1.75 bits per heavy atom. The number of rotatable bonds is 0. The van der Waals surface area contributed by atoms with Crippen molar-refractivity contribution >= 4 is 0 Å². The third-order valence-electron chi connectivity index (χ3n) is 2.24. The summed E-state index contributed by atoms with van der Waals surface area (Å²) in [4.78, 5) is 0. The van der Waals surface area contributed by atoms with Gasteiger partial charge in [-0.2, -0.15) is 6.42 Å². The maximum Gasteiger partial charge on any atom is 3.00 e. The zero-order valence-corrected chi connectivity index (χ0v) is 9.17. The van der Waals surface area contributed by atoms with Gasteiger partial charge in [0.1, 0.15) is 0 Å². The van der Waals surface area contributed by atoms with Crippen molar-refractivity contribution in [2.45, 2.75) is 12.8 Å². The summed E-state index contributed by atoms with van der Waals surface area (Å²) in [7, 11) is 0. The Labute approximate surface area is 91.0 Å². The maximum atomic E-state index is 2.42. The minimum absolute atomic E-state index is 0. The largest absolute Gasteiger partial charge is 3.00 e. The predicted octanol–water partition coefficient (Wildman–Crippen LogP) is -3.65. The average Bonchev–Trinajstić information content (AvgIpc) is 2.33. The van der Waals surface area contributed by atoms with Crippen molar-refractivity contribution in [2.75, 3.05) is 0 Å². The Hall–Kier alpha value is 0.223. The van der Waals surface area contributed by atoms with E-state index in [2.05, 4.69) is 30.7 Å². The summed E-state index contributed by atoms with van der Waals surface area (Å²) in [6, 6.07) is 0. The minimum atomic E-state index is 0. The SMILES string of the molecule is C1=CC2[CH-]CCC2C=C1.[F-].[F-].[Zr+3]. The van der Waals surface area contributed by atoms with Gasteiger partial charge in [0, 0.05) is 0 Å². The van der Waals surface area contributed by atoms with E-state index in [1.165, 1.54) is 12.8 Å². The summed E-state index contributed by atoms with van der Waals surface area (Å²) in [5.74, 6) is 1.62. The molecule has 2 atom stereocenters. The quantitative estimate of drug-likeness (QED) is 0.388. The van der Waals surface area contributed by atoms with Crippen molar-refractivity contribution < 1.29 is 35.6 Å². The third-order valence-corrected chi connectivity index (χ3v) is 2.24. The molecule has 1 fully saturated rings. The Kier molecular flexibility index (Phi) is 8.24. The molecule has 1 saturated carbocycles. The van der Waals surface area contributed by atoms with Gasteiger partial charge in [0.25, 0.3) is 0 Å². The fourth-order valence-corrected chi connectivity index (χ4v) is 1.69. The van der Waals surface area contributed by atoms with Gasteiger partial charge in [0.05, 0.1) is 0 Å². The Balaban J connectivity index is 0. The second-order valence-corrected chi connectivity index (χ2v) is 2.82. The molecule has 0 N–H and O–H groups in total. The van der Waals surface area contributed by atoms with E-state index < -0.39 is 0 Å². The molecule has 0 amide bonds. The summed E-state index contributed by atoms with van der Waals surface area (Å²) in [5, 5.41) is 0. The number of hydrogen-bond donors (Lipinski definition) is 0. The zero-order valence-electron chi connectivity index (χ0n) is 6.71. The van der Waals surface area contributed by atoms with Crippen molar-refractivity contribution in [1.82, 2.24) is 0 Å². The molecule has 3 heteroatoms. The number of fused-ring (bicyclic) bond motifs is 1. The van der Waals surface area contributed by atoms with E-state index in [1.807, 2.05) is 0 Å². The second kappa shape index (κ2) is 6.71. The zero-order chi connectivity index (χ0) is 6.10. The normalized spacial score (nSPS) is 29.3. The van der Waals surface area contributed by atoms with E-state index in [0.717, 1.165) is 11.8 Å². The smallest absolute Gasteiger partial charge is 1.00 e. The standard InChI is InChI=1S/C9H11.2FH.Zr/c1-2-5-9-7-3-6-8(9)4-1;;;/h1-2,4-6,8-9H,3,7H2;2*1H;/q-1;;;+3/p-2. The second-order valence-electron chi connectivity index (χ2n) is 2.82. The van der Waals surface area contributed by atoms with Gasteiger partial charge in [-0.25, -0.2) is 0 Å². The van der Waals surface area contributed by atoms with E-state index in [-0.39, 0.29) is 35.6 Å². The van der Waals surface area contributed by atoms with E-state index in [9.17, 15) is 0 Å². The first-order valence-corrected chi connectivity index (χ1v) is 3.65. The van der Waals surface area contributed by atoms with Crippen LogP contribution in [0.4, 0.5) is 0 Å².